The summed E-state index contributed by atoms with van der Waals surface area (Å²) in [4.78, 5) is 0. The van der Waals surface area contributed by atoms with Gasteiger partial charge in [-0.3, -0.25) is 0 Å². The second kappa shape index (κ2) is 11.8. The van der Waals surface area contributed by atoms with Crippen LogP contribution in [0.1, 0.15) is 55.6 Å². The fraction of sp³-hybridized carbons (Fsp3) is 0.472. The molecule has 0 spiro atoms. The van der Waals surface area contributed by atoms with Crippen molar-refractivity contribution in [3.8, 4) is 0 Å². The van der Waals surface area contributed by atoms with E-state index in [0.717, 1.165) is 0 Å². The van der Waals surface area contributed by atoms with E-state index in [2.05, 4.69) is 146 Å². The molecule has 0 bridgehead atoms. The van der Waals surface area contributed by atoms with Gasteiger partial charge in [-0.05, 0) is 0 Å². The maximum atomic E-state index is 2.70. The molecule has 0 saturated heterocycles. The molecule has 0 N–H and O–H groups in total. The van der Waals surface area contributed by atoms with Crippen LogP contribution in [0.4, 0.5) is 0 Å². The van der Waals surface area contributed by atoms with Gasteiger partial charge in [0.15, 0.2) is 0 Å². The summed E-state index contributed by atoms with van der Waals surface area (Å²) in [5, 5.41) is 2.30. The molecule has 0 amide bonds. The number of hydrogen-bond acceptors (Lipinski definition) is 0. The van der Waals surface area contributed by atoms with Crippen molar-refractivity contribution < 1.29 is 0 Å². The number of aryl methyl sites for hydroxylation is 8. The third-order valence-corrected chi connectivity index (χ3v) is 18.5. The van der Waals surface area contributed by atoms with Gasteiger partial charge < -0.3 is 0 Å². The van der Waals surface area contributed by atoms with E-state index in [1.807, 2.05) is 0 Å². The summed E-state index contributed by atoms with van der Waals surface area (Å²) >= 11 is 0. The van der Waals surface area contributed by atoms with Crippen molar-refractivity contribution in [1.29, 1.82) is 0 Å². The van der Waals surface area contributed by atoms with Crippen molar-refractivity contribution >= 4 is 51.5 Å². The molecule has 0 nitrogen and oxygen atoms in total. The zero-order valence-electron chi connectivity index (χ0n) is 28.6. The van der Waals surface area contributed by atoms with E-state index in [9.17, 15) is 0 Å². The Hall–Kier alpha value is -1.91. The number of hydrogen-bond donors (Lipinski definition) is 0. The quantitative estimate of drug-likeness (QED) is 0.258. The van der Waals surface area contributed by atoms with Crippen LogP contribution in [0.3, 0.4) is 0 Å². The minimum absolute atomic E-state index is 0.240. The molecule has 0 saturated carbocycles. The molecule has 40 heavy (non-hydrogen) atoms. The molecule has 0 unspecified atom stereocenters. The van der Waals surface area contributed by atoms with Gasteiger partial charge in [-0.1, -0.05) is 0 Å². The Balaban J connectivity index is 2.66. The van der Waals surface area contributed by atoms with Crippen molar-refractivity contribution in [3.05, 3.63) is 86.0 Å². The van der Waals surface area contributed by atoms with Crippen LogP contribution in [0.25, 0.3) is 0 Å². The molecule has 0 aliphatic carbocycles. The second-order valence-electron chi connectivity index (χ2n) is 15.0. The van der Waals surface area contributed by atoms with Crippen molar-refractivity contribution in [1.82, 2.24) is 0 Å². The van der Waals surface area contributed by atoms with E-state index in [0.29, 0.717) is 5.16 Å². The van der Waals surface area contributed by atoms with Gasteiger partial charge in [0.1, 0.15) is 0 Å². The Morgan fingerprint density at radius 2 is 0.850 bits per heavy atom. The van der Waals surface area contributed by atoms with Gasteiger partial charge in [-0.15, -0.1) is 0 Å². The molecule has 0 aliphatic rings. The maximum absolute atomic E-state index is 2.70. The number of rotatable bonds is 7. The zero-order chi connectivity index (χ0) is 30.5. The Morgan fingerprint density at radius 1 is 0.525 bits per heavy atom. The van der Waals surface area contributed by atoms with E-state index in [1.165, 1.54) is 72.0 Å². The fourth-order valence-electron chi connectivity index (χ4n) is 8.03. The molecule has 3 rings (SSSR count). The van der Waals surface area contributed by atoms with Crippen molar-refractivity contribution in [3.63, 3.8) is 0 Å². The standard InChI is InChI=1S/C36H54B2Si2/c1-22-17-26(5)33(27(6)18-22)38(34-28(7)19-23(2)20-29(34)8)35(36(39(11,12)13)40(14,15)16)37-32-30(9)24(3)21-25(4)31(32)10/h17-21,36H,1-16H3. The molecule has 0 radical (unpaired) electrons. The summed E-state index contributed by atoms with van der Waals surface area (Å²) in [7, 11) is -3.25. The topological polar surface area (TPSA) is 0 Å². The monoisotopic (exact) mass is 564 g/mol. The van der Waals surface area contributed by atoms with Crippen LogP contribution < -0.4 is 16.4 Å². The average Bonchev–Trinajstić information content (AvgIpc) is 2.75. The second-order valence-corrected chi connectivity index (χ2v) is 26.2. The van der Waals surface area contributed by atoms with Crippen molar-refractivity contribution in [2.45, 2.75) is 114 Å². The van der Waals surface area contributed by atoms with Gasteiger partial charge in [0.25, 0.3) is 0 Å². The first-order valence-electron chi connectivity index (χ1n) is 15.2. The van der Waals surface area contributed by atoms with E-state index >= 15 is 0 Å². The van der Waals surface area contributed by atoms with Crippen molar-refractivity contribution in [2.24, 2.45) is 0 Å². The van der Waals surface area contributed by atoms with Crippen LogP contribution in [-0.2, 0) is 0 Å². The average molecular weight is 565 g/mol. The first kappa shape index (κ1) is 32.6. The predicted molar refractivity (Wildman–Crippen MR) is 193 cm³/mol. The van der Waals surface area contributed by atoms with Crippen LogP contribution in [0.15, 0.2) is 30.3 Å². The molecule has 0 aromatic heterocycles. The van der Waals surface area contributed by atoms with Gasteiger partial charge in [0, 0.05) is 0 Å². The van der Waals surface area contributed by atoms with Crippen LogP contribution >= 0.6 is 0 Å². The molecule has 212 valence electrons. The minimum atomic E-state index is -1.63. The summed E-state index contributed by atoms with van der Waals surface area (Å²) in [5.74, 6) is 0. The predicted octanol–water partition coefficient (Wildman–Crippen LogP) is 7.71. The molecule has 0 heterocycles. The first-order chi connectivity index (χ1) is 18.2. The summed E-state index contributed by atoms with van der Waals surface area (Å²) in [6.07, 6.45) is 0. The third kappa shape index (κ3) is 6.60. The molecule has 4 heteroatoms. The molecule has 3 aromatic rings. The molecular formula is C36H54B2Si2. The molecule has 0 atom stereocenters. The zero-order valence-corrected chi connectivity index (χ0v) is 30.6. The van der Waals surface area contributed by atoms with Gasteiger partial charge >= 0.3 is 251 Å². The van der Waals surface area contributed by atoms with Gasteiger partial charge in [0.2, 0.25) is 0 Å². The van der Waals surface area contributed by atoms with E-state index in [4.69, 9.17) is 0 Å². The molecule has 3 aromatic carbocycles. The third-order valence-electron chi connectivity index (χ3n) is 9.19. The van der Waals surface area contributed by atoms with Crippen LogP contribution in [0.2, 0.25) is 44.4 Å². The van der Waals surface area contributed by atoms with Crippen LogP contribution in [0.5, 0.6) is 0 Å². The number of benzene rings is 3. The molecule has 0 aliphatic heterocycles. The first-order valence-corrected chi connectivity index (χ1v) is 22.4. The van der Waals surface area contributed by atoms with E-state index in [1.54, 1.807) is 5.36 Å². The molecule has 0 fully saturated rings. The van der Waals surface area contributed by atoms with Crippen LogP contribution in [-0.4, -0.2) is 35.1 Å². The Labute approximate surface area is 250 Å². The Morgan fingerprint density at radius 3 is 1.15 bits per heavy atom. The van der Waals surface area contributed by atoms with Crippen LogP contribution in [0, 0.1) is 69.2 Å². The summed E-state index contributed by atoms with van der Waals surface area (Å²) in [6, 6.07) is 12.0. The Bertz CT molecular complexity index is 1320. The summed E-state index contributed by atoms with van der Waals surface area (Å²) in [5.41, 5.74) is 18.5. The summed E-state index contributed by atoms with van der Waals surface area (Å²) < 4.78 is 0. The normalized spacial score (nSPS) is 12.7. The molecular weight excluding hydrogens is 510 g/mol. The SMILES string of the molecule is Cc1cc(C)c(B(C(=Bc2c(C)c(C)cc(C)c2C)C([Si](C)(C)C)[Si](C)(C)C)c2c(C)cc(C)cc2C)c(C)c1. The summed E-state index contributed by atoms with van der Waals surface area (Å²) in [6.45, 7) is 41.8. The van der Waals surface area contributed by atoms with E-state index < -0.39 is 16.1 Å². The van der Waals surface area contributed by atoms with Gasteiger partial charge in [-0.2, -0.15) is 0 Å². The fourth-order valence-corrected chi connectivity index (χ4v) is 20.9. The Kier molecular flexibility index (Phi) is 9.59. The van der Waals surface area contributed by atoms with Gasteiger partial charge in [-0.25, -0.2) is 0 Å². The van der Waals surface area contributed by atoms with Crippen molar-refractivity contribution in [2.75, 3.05) is 0 Å². The van der Waals surface area contributed by atoms with E-state index in [-0.39, 0.29) is 6.71 Å². The van der Waals surface area contributed by atoms with Gasteiger partial charge in [0.05, 0.1) is 0 Å².